The summed E-state index contributed by atoms with van der Waals surface area (Å²) >= 11 is 1.37. The molecule has 1 amide bonds. The van der Waals surface area contributed by atoms with Crippen molar-refractivity contribution in [3.8, 4) is 0 Å². The van der Waals surface area contributed by atoms with Crippen molar-refractivity contribution in [2.24, 2.45) is 5.10 Å². The van der Waals surface area contributed by atoms with Gasteiger partial charge in [0.2, 0.25) is 0 Å². The van der Waals surface area contributed by atoms with Gasteiger partial charge in [0.1, 0.15) is 0 Å². The Hall–Kier alpha value is -3.07. The van der Waals surface area contributed by atoms with E-state index in [-0.39, 0.29) is 24.1 Å². The monoisotopic (exact) mass is 347 g/mol. The number of hydrogen-bond donors (Lipinski definition) is 2. The Balaban J connectivity index is 2.15. The van der Waals surface area contributed by atoms with Crippen molar-refractivity contribution in [3.05, 3.63) is 62.3 Å². The summed E-state index contributed by atoms with van der Waals surface area (Å²) in [6, 6.07) is 8.82. The van der Waals surface area contributed by atoms with Crippen LogP contribution in [-0.4, -0.2) is 27.6 Å². The Morgan fingerprint density at radius 2 is 2.04 bits per heavy atom. The van der Waals surface area contributed by atoms with Crippen molar-refractivity contribution in [2.75, 3.05) is 0 Å². The van der Waals surface area contributed by atoms with E-state index in [1.807, 2.05) is 5.38 Å². The van der Waals surface area contributed by atoms with Crippen LogP contribution in [0.25, 0.3) is 0 Å². The highest BCUT2D eigenvalue weighted by atomic mass is 32.1. The van der Waals surface area contributed by atoms with E-state index in [1.165, 1.54) is 29.5 Å². The topological polar surface area (TPSA) is 122 Å². The molecular weight excluding hydrogens is 334 g/mol. The number of non-ortho nitro benzene ring substituents is 1. The number of carbonyl (C=O) groups is 2. The molecule has 0 unspecified atom stereocenters. The minimum absolute atomic E-state index is 0.0942. The fourth-order valence-electron chi connectivity index (χ4n) is 1.85. The molecule has 1 heterocycles. The number of rotatable bonds is 7. The van der Waals surface area contributed by atoms with Crippen LogP contribution in [0.1, 0.15) is 28.1 Å². The second-order valence-electron chi connectivity index (χ2n) is 4.68. The summed E-state index contributed by atoms with van der Waals surface area (Å²) < 4.78 is 0. The van der Waals surface area contributed by atoms with Crippen molar-refractivity contribution >= 4 is 34.6 Å². The van der Waals surface area contributed by atoms with Crippen LogP contribution in [-0.2, 0) is 4.79 Å². The number of nitrogens with one attached hydrogen (secondary N) is 1. The molecule has 8 nitrogen and oxygen atoms in total. The molecular formula is C15H13N3O5S. The first-order chi connectivity index (χ1) is 11.5. The molecule has 124 valence electrons. The lowest BCUT2D eigenvalue weighted by Crippen LogP contribution is -2.20. The smallest absolute Gasteiger partial charge is 0.303 e. The summed E-state index contributed by atoms with van der Waals surface area (Å²) in [4.78, 5) is 33.7. The van der Waals surface area contributed by atoms with Crippen LogP contribution >= 0.6 is 11.3 Å². The lowest BCUT2D eigenvalue weighted by atomic mass is 10.2. The first-order valence-electron chi connectivity index (χ1n) is 6.84. The molecule has 0 aliphatic heterocycles. The highest BCUT2D eigenvalue weighted by Gasteiger charge is 2.12. The van der Waals surface area contributed by atoms with Gasteiger partial charge >= 0.3 is 5.97 Å². The van der Waals surface area contributed by atoms with E-state index in [2.05, 4.69) is 10.5 Å². The summed E-state index contributed by atoms with van der Waals surface area (Å²) in [7, 11) is 0. The largest absolute Gasteiger partial charge is 0.481 e. The SMILES string of the molecule is O=C(O)CC/C(=N/NC(=O)c1cccc([N+](=O)[O-])c1)c1cccs1. The molecule has 9 heteroatoms. The van der Waals surface area contributed by atoms with Crippen molar-refractivity contribution in [1.29, 1.82) is 0 Å². The van der Waals surface area contributed by atoms with E-state index >= 15 is 0 Å². The van der Waals surface area contributed by atoms with E-state index in [0.29, 0.717) is 5.71 Å². The van der Waals surface area contributed by atoms with Crippen LogP contribution in [0.15, 0.2) is 46.9 Å². The molecule has 0 bridgehead atoms. The highest BCUT2D eigenvalue weighted by molar-refractivity contribution is 7.12. The van der Waals surface area contributed by atoms with Gasteiger partial charge in [-0.25, -0.2) is 5.43 Å². The molecule has 24 heavy (non-hydrogen) atoms. The van der Waals surface area contributed by atoms with Crippen LogP contribution in [0.2, 0.25) is 0 Å². The van der Waals surface area contributed by atoms with Crippen molar-refractivity contribution in [1.82, 2.24) is 5.43 Å². The number of aliphatic carboxylic acids is 1. The number of carbonyl (C=O) groups excluding carboxylic acids is 1. The Labute approximate surface area is 140 Å². The number of benzene rings is 1. The lowest BCUT2D eigenvalue weighted by Gasteiger charge is -2.04. The summed E-state index contributed by atoms with van der Waals surface area (Å²) in [6.07, 6.45) is 0.0362. The number of nitro benzene ring substituents is 1. The van der Waals surface area contributed by atoms with Gasteiger partial charge in [-0.05, 0) is 17.5 Å². The molecule has 0 aliphatic rings. The third-order valence-electron chi connectivity index (χ3n) is 2.99. The highest BCUT2D eigenvalue weighted by Crippen LogP contribution is 2.15. The zero-order chi connectivity index (χ0) is 17.5. The second-order valence-corrected chi connectivity index (χ2v) is 5.63. The van der Waals surface area contributed by atoms with Crippen LogP contribution in [0.4, 0.5) is 5.69 Å². The first-order valence-corrected chi connectivity index (χ1v) is 7.72. The number of amides is 1. The van der Waals surface area contributed by atoms with Gasteiger partial charge in [0.05, 0.1) is 21.9 Å². The summed E-state index contributed by atoms with van der Waals surface area (Å²) in [6.45, 7) is 0. The van der Waals surface area contributed by atoms with Gasteiger partial charge in [0.15, 0.2) is 0 Å². The molecule has 0 atom stereocenters. The van der Waals surface area contributed by atoms with Crippen LogP contribution in [0.5, 0.6) is 0 Å². The summed E-state index contributed by atoms with van der Waals surface area (Å²) in [5.41, 5.74) is 2.65. The van der Waals surface area contributed by atoms with Crippen LogP contribution in [0, 0.1) is 10.1 Å². The normalized spacial score (nSPS) is 11.1. The number of thiophene rings is 1. The minimum atomic E-state index is -0.968. The standard InChI is InChI=1S/C15H13N3O5S/c19-14(20)7-6-12(13-5-2-8-24-13)16-17-15(21)10-3-1-4-11(9-10)18(22)23/h1-5,8-9H,6-7H2,(H,17,21)(H,19,20)/b16-12-. The molecule has 0 saturated heterocycles. The number of hydrogen-bond acceptors (Lipinski definition) is 6. The third-order valence-corrected chi connectivity index (χ3v) is 3.91. The summed E-state index contributed by atoms with van der Waals surface area (Å²) in [5, 5.41) is 25.3. The van der Waals surface area contributed by atoms with Crippen LogP contribution < -0.4 is 5.43 Å². The number of nitrogens with zero attached hydrogens (tertiary/aromatic N) is 2. The molecule has 0 fully saturated rings. The van der Waals surface area contributed by atoms with Gasteiger partial charge in [0.25, 0.3) is 11.6 Å². The quantitative estimate of drug-likeness (QED) is 0.453. The van der Waals surface area contributed by atoms with Crippen LogP contribution in [0.3, 0.4) is 0 Å². The number of hydrazone groups is 1. The number of nitro groups is 1. The molecule has 0 spiro atoms. The van der Waals surface area contributed by atoms with E-state index < -0.39 is 16.8 Å². The molecule has 2 rings (SSSR count). The Bertz CT molecular complexity index is 786. The number of carboxylic acid groups (broad SMARTS) is 1. The molecule has 0 saturated carbocycles. The van der Waals surface area contributed by atoms with Gasteiger partial charge in [-0.2, -0.15) is 5.10 Å². The molecule has 2 N–H and O–H groups in total. The third kappa shape index (κ3) is 4.71. The van der Waals surface area contributed by atoms with Gasteiger partial charge in [-0.3, -0.25) is 19.7 Å². The molecule has 1 aromatic carbocycles. The zero-order valence-corrected chi connectivity index (χ0v) is 13.2. The molecule has 0 aliphatic carbocycles. The minimum Gasteiger partial charge on any atom is -0.481 e. The molecule has 2 aromatic rings. The average Bonchev–Trinajstić information content (AvgIpc) is 3.08. The Morgan fingerprint density at radius 1 is 1.25 bits per heavy atom. The molecule has 0 radical (unpaired) electrons. The number of carboxylic acids is 1. The van der Waals surface area contributed by atoms with Crippen molar-refractivity contribution in [3.63, 3.8) is 0 Å². The van der Waals surface area contributed by atoms with Gasteiger partial charge in [-0.1, -0.05) is 12.1 Å². The maximum Gasteiger partial charge on any atom is 0.303 e. The predicted molar refractivity (Wildman–Crippen MR) is 88.3 cm³/mol. The predicted octanol–water partition coefficient (Wildman–Crippen LogP) is 2.66. The van der Waals surface area contributed by atoms with Gasteiger partial charge in [-0.15, -0.1) is 11.3 Å². The maximum absolute atomic E-state index is 12.1. The van der Waals surface area contributed by atoms with E-state index in [4.69, 9.17) is 5.11 Å². The Kier molecular flexibility index (Phi) is 5.74. The average molecular weight is 347 g/mol. The summed E-state index contributed by atoms with van der Waals surface area (Å²) in [5.74, 6) is -1.58. The fraction of sp³-hybridized carbons (Fsp3) is 0.133. The Morgan fingerprint density at radius 3 is 2.67 bits per heavy atom. The van der Waals surface area contributed by atoms with Crippen molar-refractivity contribution < 1.29 is 19.6 Å². The first kappa shape index (κ1) is 17.3. The van der Waals surface area contributed by atoms with E-state index in [1.54, 1.807) is 12.1 Å². The van der Waals surface area contributed by atoms with E-state index in [9.17, 15) is 19.7 Å². The molecule has 1 aromatic heterocycles. The van der Waals surface area contributed by atoms with E-state index in [0.717, 1.165) is 10.9 Å². The second kappa shape index (κ2) is 7.97. The van der Waals surface area contributed by atoms with Gasteiger partial charge < -0.3 is 5.11 Å². The van der Waals surface area contributed by atoms with Gasteiger partial charge in [0, 0.05) is 24.1 Å². The van der Waals surface area contributed by atoms with Crippen molar-refractivity contribution in [2.45, 2.75) is 12.8 Å². The zero-order valence-electron chi connectivity index (χ0n) is 12.3. The maximum atomic E-state index is 12.1. The lowest BCUT2D eigenvalue weighted by molar-refractivity contribution is -0.384. The fourth-order valence-corrected chi connectivity index (χ4v) is 2.59.